The molecule has 1 saturated heterocycles. The standard InChI is InChI=1S/C14H18FNO3/c1-16(9-11-4-3-7-19-11)14(17)12-6-5-10(18-2)8-13(12)15/h5-6,8,11H,3-4,7,9H2,1-2H3/t11-/m0/s1. The van der Waals surface area contributed by atoms with Gasteiger partial charge in [-0.15, -0.1) is 0 Å². The first kappa shape index (κ1) is 13.8. The van der Waals surface area contributed by atoms with E-state index in [1.54, 1.807) is 13.1 Å². The molecule has 1 fully saturated rings. The Balaban J connectivity index is 2.05. The zero-order valence-electron chi connectivity index (χ0n) is 11.2. The molecule has 1 aromatic carbocycles. The van der Waals surface area contributed by atoms with E-state index in [4.69, 9.17) is 9.47 Å². The average Bonchev–Trinajstić information content (AvgIpc) is 2.90. The molecule has 0 aliphatic carbocycles. The van der Waals surface area contributed by atoms with E-state index in [1.807, 2.05) is 0 Å². The lowest BCUT2D eigenvalue weighted by molar-refractivity contribution is 0.0583. The van der Waals surface area contributed by atoms with Crippen molar-refractivity contribution in [1.29, 1.82) is 0 Å². The fourth-order valence-electron chi connectivity index (χ4n) is 2.18. The Bertz CT molecular complexity index is 458. The summed E-state index contributed by atoms with van der Waals surface area (Å²) in [6, 6.07) is 4.24. The maximum absolute atomic E-state index is 13.8. The second-order valence-electron chi connectivity index (χ2n) is 4.67. The van der Waals surface area contributed by atoms with Crippen molar-refractivity contribution in [3.63, 3.8) is 0 Å². The van der Waals surface area contributed by atoms with Gasteiger partial charge in [0.05, 0.1) is 18.8 Å². The molecule has 19 heavy (non-hydrogen) atoms. The predicted molar refractivity (Wildman–Crippen MR) is 68.9 cm³/mol. The van der Waals surface area contributed by atoms with Crippen LogP contribution in [0, 0.1) is 5.82 Å². The van der Waals surface area contributed by atoms with Gasteiger partial charge in [0.1, 0.15) is 11.6 Å². The predicted octanol–water partition coefficient (Wildman–Crippen LogP) is 2.09. The summed E-state index contributed by atoms with van der Waals surface area (Å²) in [6.45, 7) is 1.23. The maximum Gasteiger partial charge on any atom is 0.256 e. The molecule has 4 nitrogen and oxygen atoms in total. The van der Waals surface area contributed by atoms with Crippen LogP contribution in [0.5, 0.6) is 5.75 Å². The Kier molecular flexibility index (Phi) is 4.37. The topological polar surface area (TPSA) is 38.8 Å². The number of halogens is 1. The molecular formula is C14H18FNO3. The van der Waals surface area contributed by atoms with E-state index in [-0.39, 0.29) is 17.6 Å². The number of ether oxygens (including phenoxy) is 2. The van der Waals surface area contributed by atoms with Gasteiger partial charge >= 0.3 is 0 Å². The molecule has 0 spiro atoms. The molecule has 5 heteroatoms. The highest BCUT2D eigenvalue weighted by molar-refractivity contribution is 5.94. The number of nitrogens with zero attached hydrogens (tertiary/aromatic N) is 1. The summed E-state index contributed by atoms with van der Waals surface area (Å²) in [5.74, 6) is -0.505. The molecule has 1 aromatic rings. The van der Waals surface area contributed by atoms with Crippen molar-refractivity contribution in [3.8, 4) is 5.75 Å². The number of hydrogen-bond donors (Lipinski definition) is 0. The Hall–Kier alpha value is -1.62. The monoisotopic (exact) mass is 267 g/mol. The lowest BCUT2D eigenvalue weighted by Crippen LogP contribution is -2.34. The summed E-state index contributed by atoms with van der Waals surface area (Å²) < 4.78 is 24.2. The molecule has 0 N–H and O–H groups in total. The van der Waals surface area contributed by atoms with Gasteiger partial charge in [0.15, 0.2) is 0 Å². The first-order valence-electron chi connectivity index (χ1n) is 6.32. The summed E-state index contributed by atoms with van der Waals surface area (Å²) in [6.07, 6.45) is 2.03. The minimum atomic E-state index is -0.566. The van der Waals surface area contributed by atoms with Crippen molar-refractivity contribution >= 4 is 5.91 Å². The van der Waals surface area contributed by atoms with Gasteiger partial charge < -0.3 is 14.4 Å². The highest BCUT2D eigenvalue weighted by atomic mass is 19.1. The lowest BCUT2D eigenvalue weighted by Gasteiger charge is -2.21. The van der Waals surface area contributed by atoms with Gasteiger partial charge in [-0.3, -0.25) is 4.79 Å². The van der Waals surface area contributed by atoms with E-state index in [0.29, 0.717) is 12.3 Å². The normalized spacial score (nSPS) is 18.4. The lowest BCUT2D eigenvalue weighted by atomic mass is 10.1. The molecule has 0 unspecified atom stereocenters. The molecule has 0 radical (unpaired) electrons. The summed E-state index contributed by atoms with van der Waals surface area (Å²) in [5, 5.41) is 0. The number of rotatable bonds is 4. The number of carbonyl (C=O) groups excluding carboxylic acids is 1. The Labute approximate surface area is 112 Å². The molecular weight excluding hydrogens is 249 g/mol. The highest BCUT2D eigenvalue weighted by Crippen LogP contribution is 2.19. The van der Waals surface area contributed by atoms with Gasteiger partial charge in [-0.2, -0.15) is 0 Å². The summed E-state index contributed by atoms with van der Waals surface area (Å²) in [4.78, 5) is 13.6. The van der Waals surface area contributed by atoms with Crippen LogP contribution in [0.4, 0.5) is 4.39 Å². The molecule has 0 aromatic heterocycles. The number of amides is 1. The number of carbonyl (C=O) groups is 1. The third-order valence-electron chi connectivity index (χ3n) is 3.25. The van der Waals surface area contributed by atoms with Crippen LogP contribution in [0.15, 0.2) is 18.2 Å². The fraction of sp³-hybridized carbons (Fsp3) is 0.500. The second-order valence-corrected chi connectivity index (χ2v) is 4.67. The van der Waals surface area contributed by atoms with Crippen molar-refractivity contribution in [3.05, 3.63) is 29.6 Å². The summed E-state index contributed by atoms with van der Waals surface area (Å²) in [7, 11) is 3.12. The molecule has 1 atom stereocenters. The number of hydrogen-bond acceptors (Lipinski definition) is 3. The molecule has 2 rings (SSSR count). The van der Waals surface area contributed by atoms with Gasteiger partial charge in [-0.25, -0.2) is 4.39 Å². The van der Waals surface area contributed by atoms with E-state index in [0.717, 1.165) is 19.4 Å². The van der Waals surface area contributed by atoms with Crippen LogP contribution < -0.4 is 4.74 Å². The second kappa shape index (κ2) is 6.02. The van der Waals surface area contributed by atoms with E-state index in [2.05, 4.69) is 0 Å². The summed E-state index contributed by atoms with van der Waals surface area (Å²) in [5.41, 5.74) is 0.0568. The Morgan fingerprint density at radius 2 is 2.37 bits per heavy atom. The van der Waals surface area contributed by atoms with E-state index in [1.165, 1.54) is 24.1 Å². The average molecular weight is 267 g/mol. The van der Waals surface area contributed by atoms with Crippen LogP contribution in [0.25, 0.3) is 0 Å². The van der Waals surface area contributed by atoms with Gasteiger partial charge in [0, 0.05) is 26.3 Å². The maximum atomic E-state index is 13.8. The van der Waals surface area contributed by atoms with Crippen molar-refractivity contribution in [2.45, 2.75) is 18.9 Å². The third-order valence-corrected chi connectivity index (χ3v) is 3.25. The number of benzene rings is 1. The van der Waals surface area contributed by atoms with Gasteiger partial charge in [-0.05, 0) is 25.0 Å². The molecule has 1 amide bonds. The largest absolute Gasteiger partial charge is 0.497 e. The Morgan fingerprint density at radius 3 is 2.95 bits per heavy atom. The van der Waals surface area contributed by atoms with Crippen LogP contribution in [0.2, 0.25) is 0 Å². The van der Waals surface area contributed by atoms with Crippen LogP contribution in [-0.4, -0.2) is 44.2 Å². The van der Waals surface area contributed by atoms with Crippen LogP contribution in [-0.2, 0) is 4.74 Å². The molecule has 1 aliphatic rings. The van der Waals surface area contributed by atoms with Crippen LogP contribution >= 0.6 is 0 Å². The highest BCUT2D eigenvalue weighted by Gasteiger charge is 2.22. The van der Waals surface area contributed by atoms with Crippen LogP contribution in [0.3, 0.4) is 0 Å². The van der Waals surface area contributed by atoms with Gasteiger partial charge in [-0.1, -0.05) is 0 Å². The SMILES string of the molecule is COc1ccc(C(=O)N(C)C[C@@H]2CCCO2)c(F)c1. The quantitative estimate of drug-likeness (QED) is 0.838. The minimum absolute atomic E-state index is 0.0568. The van der Waals surface area contributed by atoms with Crippen molar-refractivity contribution in [2.75, 3.05) is 27.3 Å². The smallest absolute Gasteiger partial charge is 0.256 e. The zero-order chi connectivity index (χ0) is 13.8. The van der Waals surface area contributed by atoms with E-state index < -0.39 is 5.82 Å². The number of methoxy groups -OCH3 is 1. The molecule has 1 heterocycles. The van der Waals surface area contributed by atoms with Gasteiger partial charge in [0.2, 0.25) is 0 Å². The summed E-state index contributed by atoms with van der Waals surface area (Å²) >= 11 is 0. The third kappa shape index (κ3) is 3.23. The number of likely N-dealkylation sites (N-methyl/N-ethyl adjacent to an activating group) is 1. The minimum Gasteiger partial charge on any atom is -0.497 e. The first-order chi connectivity index (χ1) is 9.11. The Morgan fingerprint density at radius 1 is 1.58 bits per heavy atom. The van der Waals surface area contributed by atoms with Crippen molar-refractivity contribution in [1.82, 2.24) is 4.90 Å². The van der Waals surface area contributed by atoms with E-state index in [9.17, 15) is 9.18 Å². The molecule has 1 aliphatic heterocycles. The zero-order valence-corrected chi connectivity index (χ0v) is 11.2. The van der Waals surface area contributed by atoms with E-state index >= 15 is 0 Å². The fourth-order valence-corrected chi connectivity index (χ4v) is 2.18. The molecule has 0 bridgehead atoms. The first-order valence-corrected chi connectivity index (χ1v) is 6.32. The van der Waals surface area contributed by atoms with Crippen molar-refractivity contribution in [2.24, 2.45) is 0 Å². The van der Waals surface area contributed by atoms with Crippen molar-refractivity contribution < 1.29 is 18.7 Å². The molecule has 104 valence electrons. The van der Waals surface area contributed by atoms with Gasteiger partial charge in [0.25, 0.3) is 5.91 Å². The molecule has 0 saturated carbocycles. The van der Waals surface area contributed by atoms with Crippen LogP contribution in [0.1, 0.15) is 23.2 Å².